The Kier molecular flexibility index (Phi) is 5.51. The van der Waals surface area contributed by atoms with Crippen molar-refractivity contribution in [1.29, 1.82) is 0 Å². The molecule has 0 spiro atoms. The third-order valence-corrected chi connectivity index (χ3v) is 1.03. The van der Waals surface area contributed by atoms with Gasteiger partial charge in [0.2, 0.25) is 0 Å². The van der Waals surface area contributed by atoms with Crippen LogP contribution in [0.3, 0.4) is 0 Å². The van der Waals surface area contributed by atoms with Crippen LogP contribution in [0.15, 0.2) is 12.1 Å². The topological polar surface area (TPSA) is 0 Å². The largest absolute Gasteiger partial charge is 0.356 e. The predicted octanol–water partition coefficient (Wildman–Crippen LogP) is 1.90. The average Bonchev–Trinajstić information content (AvgIpc) is 1.77. The van der Waals surface area contributed by atoms with E-state index < -0.39 is 0 Å². The van der Waals surface area contributed by atoms with Crippen molar-refractivity contribution in [2.75, 3.05) is 0 Å². The molecule has 0 amide bonds. The van der Waals surface area contributed by atoms with Crippen LogP contribution in [0, 0.1) is 26.0 Å². The minimum atomic E-state index is 0. The fourth-order valence-corrected chi connectivity index (χ4v) is 0.528. The first-order chi connectivity index (χ1) is 3.79. The summed E-state index contributed by atoms with van der Waals surface area (Å²) in [6.07, 6.45) is 0. The number of rotatable bonds is 0. The normalized spacial score (nSPS) is 7.40. The van der Waals surface area contributed by atoms with Crippen molar-refractivity contribution in [3.8, 4) is 0 Å². The van der Waals surface area contributed by atoms with E-state index in [1.165, 1.54) is 5.56 Å². The Labute approximate surface area is 69.9 Å². The van der Waals surface area contributed by atoms with E-state index in [0.29, 0.717) is 0 Å². The van der Waals surface area contributed by atoms with Gasteiger partial charge in [0.05, 0.1) is 0 Å². The molecule has 1 radical (unpaired) electrons. The zero-order valence-electron chi connectivity index (χ0n) is 6.24. The minimum absolute atomic E-state index is 0. The summed E-state index contributed by atoms with van der Waals surface area (Å²) >= 11 is 0. The van der Waals surface area contributed by atoms with Crippen molar-refractivity contribution in [2.24, 2.45) is 0 Å². The van der Waals surface area contributed by atoms with Gasteiger partial charge in [0, 0.05) is 20.4 Å². The summed E-state index contributed by atoms with van der Waals surface area (Å²) in [4.78, 5) is 0. The average molecular weight is 557 g/mol. The van der Waals surface area contributed by atoms with Gasteiger partial charge >= 0.3 is 0 Å². The smallest absolute Gasteiger partial charge is 0 e. The molecule has 1 aromatic carbocycles. The molecule has 0 nitrogen and oxygen atoms in total. The summed E-state index contributed by atoms with van der Waals surface area (Å²) < 4.78 is 0. The molecule has 0 aromatic heterocycles. The third kappa shape index (κ3) is 3.02. The first-order valence-corrected chi connectivity index (χ1v) is 2.65. The van der Waals surface area contributed by atoms with Crippen LogP contribution in [0.5, 0.6) is 0 Å². The van der Waals surface area contributed by atoms with Gasteiger partial charge in [0.25, 0.3) is 0 Å². The number of hydrogen-bond acceptors (Lipinski definition) is 0. The van der Waals surface area contributed by atoms with Crippen LogP contribution in [-0.4, -0.2) is 0 Å². The van der Waals surface area contributed by atoms with E-state index in [-0.39, 0.29) is 20.4 Å². The van der Waals surface area contributed by atoms with Crippen LogP contribution in [0.2, 0.25) is 0 Å². The van der Waals surface area contributed by atoms with Crippen molar-refractivity contribution < 1.29 is 20.4 Å². The van der Waals surface area contributed by atoms with Gasteiger partial charge in [-0.1, -0.05) is 6.92 Å². The molecule has 0 bridgehead atoms. The summed E-state index contributed by atoms with van der Waals surface area (Å²) in [5.41, 5.74) is 2.30. The van der Waals surface area contributed by atoms with Crippen LogP contribution in [0.25, 0.3) is 0 Å². The fourth-order valence-electron chi connectivity index (χ4n) is 0.528. The van der Waals surface area contributed by atoms with Crippen molar-refractivity contribution in [1.82, 2.24) is 0 Å². The van der Waals surface area contributed by atoms with Crippen LogP contribution >= 0.6 is 0 Å². The molecule has 0 aliphatic rings. The quantitative estimate of drug-likeness (QED) is 0.428. The van der Waals surface area contributed by atoms with E-state index in [1.807, 2.05) is 26.0 Å². The van der Waals surface area contributed by atoms with E-state index in [4.69, 9.17) is 0 Å². The van der Waals surface area contributed by atoms with Crippen LogP contribution in [-0.2, 0) is 20.4 Å². The number of hydrogen-bond donors (Lipinski definition) is 0. The van der Waals surface area contributed by atoms with E-state index in [0.717, 1.165) is 5.56 Å². The molecule has 0 atom stereocenters. The van der Waals surface area contributed by atoms with Gasteiger partial charge < -0.3 is 12.1 Å². The van der Waals surface area contributed by atoms with Gasteiger partial charge in [-0.3, -0.25) is 23.3 Å². The zero-order valence-corrected chi connectivity index (χ0v) is 15.4. The van der Waals surface area contributed by atoms with Crippen LogP contribution in [0.1, 0.15) is 11.1 Å². The SMILES string of the molecule is Cc1[c-]cc(C)c[c-]1.[Re].[Rf]. The zero-order chi connectivity index (χ0) is 5.98. The van der Waals surface area contributed by atoms with Crippen molar-refractivity contribution in [3.63, 3.8) is 0 Å². The van der Waals surface area contributed by atoms with Gasteiger partial charge in [0.1, 0.15) is 0 Å². The second-order valence-electron chi connectivity index (χ2n) is 1.95. The predicted molar refractivity (Wildman–Crippen MR) is 33.6 cm³/mol. The molecule has 0 heterocycles. The van der Waals surface area contributed by atoms with Gasteiger partial charge in [-0.2, -0.15) is 0 Å². The molecule has 1 rings (SSSR count). The molecule has 0 fully saturated rings. The monoisotopic (exact) mass is 558 g/mol. The van der Waals surface area contributed by atoms with E-state index in [2.05, 4.69) is 12.1 Å². The maximum absolute atomic E-state index is 3.04. The fraction of sp³-hybridized carbons (Fsp3) is 0.250. The third-order valence-electron chi connectivity index (χ3n) is 1.03. The summed E-state index contributed by atoms with van der Waals surface area (Å²) in [7, 11) is 0. The van der Waals surface area contributed by atoms with E-state index in [9.17, 15) is 0 Å². The van der Waals surface area contributed by atoms with Crippen LogP contribution in [0.4, 0.5) is 0 Å². The molecule has 0 saturated carbocycles. The Morgan fingerprint density at radius 3 is 1.80 bits per heavy atom. The van der Waals surface area contributed by atoms with E-state index in [1.54, 1.807) is 0 Å². The Hall–Kier alpha value is -1.12. The molecule has 1 aromatic rings. The molecular weight excluding hydrogens is 549 g/mol. The molecule has 0 N–H and O–H groups in total. The Bertz CT molecular complexity index is 148. The maximum Gasteiger partial charge on any atom is 0 e. The molecule has 0 aliphatic heterocycles. The maximum atomic E-state index is 3.04. The Morgan fingerprint density at radius 1 is 1.10 bits per heavy atom. The summed E-state index contributed by atoms with van der Waals surface area (Å²) in [5.74, 6) is 0. The molecular formula is C8H8ReRf-2. The number of benzene rings is 1. The van der Waals surface area contributed by atoms with E-state index >= 15 is 0 Å². The molecule has 51 valence electrons. The molecule has 10 heavy (non-hydrogen) atoms. The summed E-state index contributed by atoms with van der Waals surface area (Å²) in [5, 5.41) is 0. The van der Waals surface area contributed by atoms with Gasteiger partial charge in [0.15, 0.2) is 0 Å². The van der Waals surface area contributed by atoms with Gasteiger partial charge in [-0.15, -0.1) is 6.92 Å². The molecule has 2 heteroatoms. The Morgan fingerprint density at radius 2 is 1.50 bits per heavy atom. The minimum Gasteiger partial charge on any atom is -0.356 e. The van der Waals surface area contributed by atoms with Crippen molar-refractivity contribution in [3.05, 3.63) is 35.4 Å². The first-order valence-electron chi connectivity index (χ1n) is 2.65. The molecule has 0 aliphatic carbocycles. The molecule has 0 unspecified atom stereocenters. The molecule has 0 saturated heterocycles. The second-order valence-corrected chi connectivity index (χ2v) is 1.95. The summed E-state index contributed by atoms with van der Waals surface area (Å²) in [6.45, 7) is 4.02. The second kappa shape index (κ2) is 4.73. The first kappa shape index (κ1) is 11.7. The Balaban J connectivity index is 0. The standard InChI is InChI=1S/C8H8.Re.Rf/c1-7-3-5-8(2)6-4-7;;/h3-4H,1-2H3;;/q-2;;. The number of aryl methyl sites for hydroxylation is 2. The van der Waals surface area contributed by atoms with Crippen molar-refractivity contribution in [2.45, 2.75) is 13.8 Å². The van der Waals surface area contributed by atoms with Gasteiger partial charge in [-0.05, 0) is 0 Å². The van der Waals surface area contributed by atoms with Crippen molar-refractivity contribution >= 4 is 0 Å². The summed E-state index contributed by atoms with van der Waals surface area (Å²) in [6, 6.07) is 10.0. The van der Waals surface area contributed by atoms with Crippen LogP contribution < -0.4 is 0 Å². The van der Waals surface area contributed by atoms with Gasteiger partial charge in [-0.25, -0.2) is 0 Å².